The summed E-state index contributed by atoms with van der Waals surface area (Å²) in [5.74, 6) is 0. The van der Waals surface area contributed by atoms with Crippen molar-refractivity contribution in [1.29, 1.82) is 0 Å². The Bertz CT molecular complexity index is 296. The quantitative estimate of drug-likeness (QED) is 0.581. The second kappa shape index (κ2) is 2.22. The number of fused-ring (bicyclic) bond motifs is 1. The Morgan fingerprint density at radius 3 is 3.27 bits per heavy atom. The molecular formula is C9H12N2. The maximum absolute atomic E-state index is 4.49. The van der Waals surface area contributed by atoms with Crippen molar-refractivity contribution >= 4 is 5.71 Å². The van der Waals surface area contributed by atoms with Gasteiger partial charge in [-0.3, -0.25) is 4.99 Å². The molecule has 1 aliphatic rings. The lowest BCUT2D eigenvalue weighted by Gasteiger charge is -2.14. The van der Waals surface area contributed by atoms with Gasteiger partial charge in [0, 0.05) is 29.6 Å². The molecule has 58 valence electrons. The van der Waals surface area contributed by atoms with Gasteiger partial charge in [-0.15, -0.1) is 0 Å². The van der Waals surface area contributed by atoms with E-state index < -0.39 is 0 Å². The zero-order valence-electron chi connectivity index (χ0n) is 6.89. The monoisotopic (exact) mass is 148 g/mol. The van der Waals surface area contributed by atoms with Crippen LogP contribution in [0.15, 0.2) is 17.3 Å². The maximum Gasteiger partial charge on any atom is 0.0529 e. The van der Waals surface area contributed by atoms with Crippen molar-refractivity contribution in [3.63, 3.8) is 0 Å². The number of aromatic amines is 1. The van der Waals surface area contributed by atoms with E-state index in [4.69, 9.17) is 0 Å². The Balaban J connectivity index is 2.50. The molecule has 0 bridgehead atoms. The molecule has 0 aliphatic carbocycles. The molecule has 1 aromatic heterocycles. The van der Waals surface area contributed by atoms with Crippen molar-refractivity contribution in [2.24, 2.45) is 4.99 Å². The molecule has 1 N–H and O–H groups in total. The molecule has 0 spiro atoms. The number of nitrogens with one attached hydrogen (secondary N) is 1. The zero-order valence-corrected chi connectivity index (χ0v) is 6.89. The van der Waals surface area contributed by atoms with Gasteiger partial charge in [0.25, 0.3) is 0 Å². The fourth-order valence-corrected chi connectivity index (χ4v) is 1.65. The first kappa shape index (κ1) is 6.65. The van der Waals surface area contributed by atoms with E-state index in [1.54, 1.807) is 0 Å². The highest BCUT2D eigenvalue weighted by Gasteiger charge is 2.15. The lowest BCUT2D eigenvalue weighted by molar-refractivity contribution is 0.714. The first-order valence-corrected chi connectivity index (χ1v) is 3.98. The maximum atomic E-state index is 4.49. The highest BCUT2D eigenvalue weighted by Crippen LogP contribution is 2.17. The largest absolute Gasteiger partial charge is 0.364 e. The van der Waals surface area contributed by atoms with E-state index in [1.807, 2.05) is 6.20 Å². The summed E-state index contributed by atoms with van der Waals surface area (Å²) in [5.41, 5.74) is 3.80. The molecule has 0 fully saturated rings. The molecular weight excluding hydrogens is 136 g/mol. The molecule has 1 atom stereocenters. The van der Waals surface area contributed by atoms with Gasteiger partial charge in [-0.25, -0.2) is 0 Å². The van der Waals surface area contributed by atoms with Crippen LogP contribution in [0.3, 0.4) is 0 Å². The average molecular weight is 148 g/mol. The lowest BCUT2D eigenvalue weighted by atomic mass is 10.0. The van der Waals surface area contributed by atoms with Crippen molar-refractivity contribution in [3.05, 3.63) is 23.5 Å². The topological polar surface area (TPSA) is 28.1 Å². The molecule has 0 saturated heterocycles. The standard InChI is InChI=1S/C9H12N2/c1-6-5-9-8(3-4-10-9)7(2)11-6/h3-4,6,10H,5H2,1-2H3/t6-/m0/s1. The van der Waals surface area contributed by atoms with Gasteiger partial charge in [0.1, 0.15) is 0 Å². The van der Waals surface area contributed by atoms with Crippen LogP contribution in [0.4, 0.5) is 0 Å². The molecule has 0 aromatic carbocycles. The number of aliphatic imine (C=N–C) groups is 1. The Morgan fingerprint density at radius 1 is 1.64 bits per heavy atom. The van der Waals surface area contributed by atoms with Crippen LogP contribution in [0.2, 0.25) is 0 Å². The second-order valence-corrected chi connectivity index (χ2v) is 3.14. The molecule has 0 radical (unpaired) electrons. The summed E-state index contributed by atoms with van der Waals surface area (Å²) in [6.45, 7) is 4.22. The summed E-state index contributed by atoms with van der Waals surface area (Å²) in [6, 6.07) is 2.54. The summed E-state index contributed by atoms with van der Waals surface area (Å²) < 4.78 is 0. The Morgan fingerprint density at radius 2 is 2.45 bits per heavy atom. The minimum atomic E-state index is 0.446. The van der Waals surface area contributed by atoms with Crippen LogP contribution in [0, 0.1) is 0 Å². The van der Waals surface area contributed by atoms with Crippen LogP contribution < -0.4 is 0 Å². The summed E-state index contributed by atoms with van der Waals surface area (Å²) in [7, 11) is 0. The molecule has 2 rings (SSSR count). The van der Waals surface area contributed by atoms with E-state index in [9.17, 15) is 0 Å². The van der Waals surface area contributed by atoms with Crippen LogP contribution in [0.25, 0.3) is 0 Å². The molecule has 11 heavy (non-hydrogen) atoms. The van der Waals surface area contributed by atoms with Crippen LogP contribution in [-0.4, -0.2) is 16.7 Å². The van der Waals surface area contributed by atoms with E-state index in [1.165, 1.54) is 17.0 Å². The highest BCUT2D eigenvalue weighted by molar-refractivity contribution is 6.00. The van der Waals surface area contributed by atoms with E-state index in [-0.39, 0.29) is 0 Å². The van der Waals surface area contributed by atoms with Crippen LogP contribution in [0.1, 0.15) is 25.1 Å². The van der Waals surface area contributed by atoms with E-state index in [0.717, 1.165) is 6.42 Å². The fourth-order valence-electron chi connectivity index (χ4n) is 1.65. The minimum absolute atomic E-state index is 0.446. The van der Waals surface area contributed by atoms with Crippen LogP contribution in [0.5, 0.6) is 0 Å². The first-order valence-electron chi connectivity index (χ1n) is 3.98. The van der Waals surface area contributed by atoms with Crippen molar-refractivity contribution in [2.45, 2.75) is 26.3 Å². The lowest BCUT2D eigenvalue weighted by Crippen LogP contribution is -2.15. The molecule has 1 aromatic rings. The average Bonchev–Trinajstić information content (AvgIpc) is 2.34. The first-order chi connectivity index (χ1) is 5.27. The summed E-state index contributed by atoms with van der Waals surface area (Å²) in [5, 5.41) is 0. The fraction of sp³-hybridized carbons (Fsp3) is 0.444. The van der Waals surface area contributed by atoms with Gasteiger partial charge in [-0.1, -0.05) is 0 Å². The van der Waals surface area contributed by atoms with Crippen LogP contribution in [-0.2, 0) is 6.42 Å². The molecule has 2 nitrogen and oxygen atoms in total. The normalized spacial score (nSPS) is 22.7. The molecule has 0 saturated carbocycles. The smallest absolute Gasteiger partial charge is 0.0529 e. The minimum Gasteiger partial charge on any atom is -0.364 e. The van der Waals surface area contributed by atoms with E-state index >= 15 is 0 Å². The molecule has 0 unspecified atom stereocenters. The van der Waals surface area contributed by atoms with Gasteiger partial charge in [0.15, 0.2) is 0 Å². The van der Waals surface area contributed by atoms with Gasteiger partial charge in [-0.2, -0.15) is 0 Å². The zero-order chi connectivity index (χ0) is 7.84. The summed E-state index contributed by atoms with van der Waals surface area (Å²) >= 11 is 0. The van der Waals surface area contributed by atoms with Gasteiger partial charge >= 0.3 is 0 Å². The summed E-state index contributed by atoms with van der Waals surface area (Å²) in [6.07, 6.45) is 3.04. The Kier molecular flexibility index (Phi) is 1.34. The number of H-pyrrole nitrogens is 1. The predicted molar refractivity (Wildman–Crippen MR) is 46.2 cm³/mol. The van der Waals surface area contributed by atoms with E-state index in [0.29, 0.717) is 6.04 Å². The van der Waals surface area contributed by atoms with Gasteiger partial charge in [0.2, 0.25) is 0 Å². The third kappa shape index (κ3) is 0.985. The number of aromatic nitrogens is 1. The Hall–Kier alpha value is -1.05. The van der Waals surface area contributed by atoms with E-state index in [2.05, 4.69) is 29.9 Å². The van der Waals surface area contributed by atoms with Crippen molar-refractivity contribution in [1.82, 2.24) is 4.98 Å². The third-order valence-electron chi connectivity index (χ3n) is 2.14. The number of hydrogen-bond acceptors (Lipinski definition) is 1. The number of nitrogens with zero attached hydrogens (tertiary/aromatic N) is 1. The van der Waals surface area contributed by atoms with Gasteiger partial charge in [-0.05, 0) is 19.9 Å². The summed E-state index contributed by atoms with van der Waals surface area (Å²) in [4.78, 5) is 7.73. The molecule has 0 amide bonds. The Labute approximate surface area is 66.4 Å². The number of hydrogen-bond donors (Lipinski definition) is 1. The second-order valence-electron chi connectivity index (χ2n) is 3.14. The van der Waals surface area contributed by atoms with Crippen molar-refractivity contribution in [3.8, 4) is 0 Å². The SMILES string of the molecule is CC1=N[C@@H](C)Cc2[nH]ccc21. The number of rotatable bonds is 0. The molecule has 1 aliphatic heterocycles. The van der Waals surface area contributed by atoms with Gasteiger partial charge < -0.3 is 4.98 Å². The van der Waals surface area contributed by atoms with Crippen molar-refractivity contribution in [2.75, 3.05) is 0 Å². The molecule has 2 heteroatoms. The van der Waals surface area contributed by atoms with Crippen molar-refractivity contribution < 1.29 is 0 Å². The molecule has 2 heterocycles. The third-order valence-corrected chi connectivity index (χ3v) is 2.14. The highest BCUT2D eigenvalue weighted by atomic mass is 14.8. The van der Waals surface area contributed by atoms with Crippen LogP contribution >= 0.6 is 0 Å². The van der Waals surface area contributed by atoms with Gasteiger partial charge in [0.05, 0.1) is 6.04 Å². The predicted octanol–water partition coefficient (Wildman–Crippen LogP) is 1.77.